The zero-order valence-corrected chi connectivity index (χ0v) is 9.75. The number of hydrogen-bond donors (Lipinski definition) is 1. The van der Waals surface area contributed by atoms with Gasteiger partial charge in [0.2, 0.25) is 0 Å². The summed E-state index contributed by atoms with van der Waals surface area (Å²) in [5, 5.41) is 3.42. The Bertz CT molecular complexity index is 328. The minimum atomic E-state index is -0.125. The lowest BCUT2D eigenvalue weighted by atomic mass is 10.1. The predicted octanol–water partition coefficient (Wildman–Crippen LogP) is 2.02. The van der Waals surface area contributed by atoms with Crippen LogP contribution in [0.4, 0.5) is 4.39 Å². The summed E-state index contributed by atoms with van der Waals surface area (Å²) in [6.45, 7) is 6.37. The van der Waals surface area contributed by atoms with Gasteiger partial charge in [-0.05, 0) is 25.5 Å². The molecular formula is C13H19FN2. The largest absolute Gasteiger partial charge is 0.312 e. The fraction of sp³-hybridized carbons (Fsp3) is 0.538. The zero-order valence-electron chi connectivity index (χ0n) is 9.75. The molecule has 0 aromatic carbocycles. The minimum Gasteiger partial charge on any atom is -0.312 e. The van der Waals surface area contributed by atoms with E-state index in [1.165, 1.54) is 11.6 Å². The average Bonchev–Trinajstić information content (AvgIpc) is 2.44. The molecule has 3 heteroatoms. The molecule has 88 valence electrons. The van der Waals surface area contributed by atoms with Crippen LogP contribution in [-0.4, -0.2) is 37.1 Å². The summed E-state index contributed by atoms with van der Waals surface area (Å²) in [4.78, 5) is 2.43. The highest BCUT2D eigenvalue weighted by Crippen LogP contribution is 2.14. The van der Waals surface area contributed by atoms with Gasteiger partial charge >= 0.3 is 0 Å². The minimum absolute atomic E-state index is 0.125. The Morgan fingerprint density at radius 2 is 2.44 bits per heavy atom. The molecule has 0 amide bonds. The molecule has 1 atom stereocenters. The third-order valence-electron chi connectivity index (χ3n) is 3.03. The van der Waals surface area contributed by atoms with Crippen LogP contribution in [0, 0.1) is 0 Å². The van der Waals surface area contributed by atoms with E-state index in [-0.39, 0.29) is 5.83 Å². The summed E-state index contributed by atoms with van der Waals surface area (Å²) in [7, 11) is 0. The van der Waals surface area contributed by atoms with Crippen LogP contribution in [0.3, 0.4) is 0 Å². The Morgan fingerprint density at radius 3 is 3.25 bits per heavy atom. The van der Waals surface area contributed by atoms with Crippen molar-refractivity contribution in [2.24, 2.45) is 0 Å². The Morgan fingerprint density at radius 1 is 1.56 bits per heavy atom. The van der Waals surface area contributed by atoms with Gasteiger partial charge in [0.25, 0.3) is 0 Å². The molecule has 1 N–H and O–H groups in total. The predicted molar refractivity (Wildman–Crippen MR) is 64.9 cm³/mol. The molecule has 1 fully saturated rings. The van der Waals surface area contributed by atoms with Crippen molar-refractivity contribution in [3.8, 4) is 0 Å². The van der Waals surface area contributed by atoms with Crippen molar-refractivity contribution in [3.05, 3.63) is 35.7 Å². The summed E-state index contributed by atoms with van der Waals surface area (Å²) in [6, 6.07) is 0.558. The lowest BCUT2D eigenvalue weighted by Crippen LogP contribution is -2.49. The smallest absolute Gasteiger partial charge is 0.119 e. The van der Waals surface area contributed by atoms with Gasteiger partial charge in [-0.25, -0.2) is 4.39 Å². The number of piperazine rings is 1. The molecule has 0 saturated carbocycles. The van der Waals surface area contributed by atoms with Gasteiger partial charge in [0.05, 0.1) is 0 Å². The molecule has 1 aliphatic heterocycles. The first kappa shape index (κ1) is 11.6. The highest BCUT2D eigenvalue weighted by Gasteiger charge is 2.16. The second-order valence-electron chi connectivity index (χ2n) is 4.57. The Hall–Kier alpha value is -0.930. The molecule has 16 heavy (non-hydrogen) atoms. The topological polar surface area (TPSA) is 15.3 Å². The summed E-state index contributed by atoms with van der Waals surface area (Å²) in [6.07, 6.45) is 7.75. The third-order valence-corrected chi connectivity index (χ3v) is 3.03. The Kier molecular flexibility index (Phi) is 3.91. The average molecular weight is 222 g/mol. The highest BCUT2D eigenvalue weighted by molar-refractivity contribution is 5.27. The van der Waals surface area contributed by atoms with Crippen molar-refractivity contribution < 1.29 is 4.39 Å². The molecule has 0 aromatic heterocycles. The molecule has 1 aliphatic carbocycles. The van der Waals surface area contributed by atoms with E-state index < -0.39 is 0 Å². The van der Waals surface area contributed by atoms with Gasteiger partial charge in [-0.2, -0.15) is 0 Å². The van der Waals surface area contributed by atoms with E-state index in [2.05, 4.69) is 17.1 Å². The quantitative estimate of drug-likeness (QED) is 0.769. The van der Waals surface area contributed by atoms with Gasteiger partial charge in [0, 0.05) is 32.2 Å². The first-order valence-electron chi connectivity index (χ1n) is 5.91. The zero-order chi connectivity index (χ0) is 11.4. The Labute approximate surface area is 96.5 Å². The van der Waals surface area contributed by atoms with Crippen molar-refractivity contribution in [2.45, 2.75) is 19.4 Å². The van der Waals surface area contributed by atoms with Crippen LogP contribution < -0.4 is 5.32 Å². The van der Waals surface area contributed by atoms with Crippen LogP contribution in [0.25, 0.3) is 0 Å². The van der Waals surface area contributed by atoms with E-state index in [4.69, 9.17) is 0 Å². The molecule has 0 unspecified atom stereocenters. The molecule has 0 radical (unpaired) electrons. The third kappa shape index (κ3) is 3.29. The van der Waals surface area contributed by atoms with Crippen LogP contribution in [0.1, 0.15) is 13.3 Å². The first-order valence-corrected chi connectivity index (χ1v) is 5.91. The van der Waals surface area contributed by atoms with Crippen LogP contribution in [-0.2, 0) is 0 Å². The monoisotopic (exact) mass is 222 g/mol. The van der Waals surface area contributed by atoms with E-state index in [1.54, 1.807) is 12.2 Å². The van der Waals surface area contributed by atoms with Gasteiger partial charge in [-0.1, -0.05) is 17.7 Å². The van der Waals surface area contributed by atoms with Gasteiger partial charge < -0.3 is 5.32 Å². The maximum absolute atomic E-state index is 13.0. The van der Waals surface area contributed by atoms with Gasteiger partial charge in [-0.3, -0.25) is 4.90 Å². The van der Waals surface area contributed by atoms with Crippen molar-refractivity contribution in [1.29, 1.82) is 0 Å². The summed E-state index contributed by atoms with van der Waals surface area (Å²) in [5.41, 5.74) is 1.29. The van der Waals surface area contributed by atoms with E-state index in [0.29, 0.717) is 6.04 Å². The standard InChI is InChI=1S/C13H19FN2/c1-11-9-16(8-7-15-11)10-12-3-2-4-13(14)6-5-12/h2-4,6,11,15H,5,7-10H2,1H3/t11-/m0/s1. The van der Waals surface area contributed by atoms with Crippen LogP contribution in [0.15, 0.2) is 35.7 Å². The summed E-state index contributed by atoms with van der Waals surface area (Å²) < 4.78 is 13.0. The molecule has 0 bridgehead atoms. The second kappa shape index (κ2) is 5.41. The molecule has 2 nitrogen and oxygen atoms in total. The Balaban J connectivity index is 1.90. The van der Waals surface area contributed by atoms with Crippen LogP contribution in [0.5, 0.6) is 0 Å². The molecule has 0 aromatic rings. The lowest BCUT2D eigenvalue weighted by molar-refractivity contribution is 0.221. The maximum Gasteiger partial charge on any atom is 0.119 e. The summed E-state index contributed by atoms with van der Waals surface area (Å²) in [5.74, 6) is -0.125. The van der Waals surface area contributed by atoms with E-state index >= 15 is 0 Å². The molecule has 2 rings (SSSR count). The molecule has 2 aliphatic rings. The molecule has 1 saturated heterocycles. The maximum atomic E-state index is 13.0. The van der Waals surface area contributed by atoms with E-state index in [0.717, 1.165) is 32.6 Å². The number of rotatable bonds is 2. The summed E-state index contributed by atoms with van der Waals surface area (Å²) >= 11 is 0. The van der Waals surface area contributed by atoms with Crippen molar-refractivity contribution in [1.82, 2.24) is 10.2 Å². The molecular weight excluding hydrogens is 203 g/mol. The fourth-order valence-electron chi connectivity index (χ4n) is 2.20. The first-order chi connectivity index (χ1) is 7.74. The SMILES string of the molecule is C[C@H]1CN(CC2=CC=CC(F)=CC2)CCN1. The van der Waals surface area contributed by atoms with Crippen molar-refractivity contribution in [3.63, 3.8) is 0 Å². The van der Waals surface area contributed by atoms with Crippen molar-refractivity contribution in [2.75, 3.05) is 26.2 Å². The van der Waals surface area contributed by atoms with Crippen LogP contribution in [0.2, 0.25) is 0 Å². The van der Waals surface area contributed by atoms with Gasteiger partial charge in [0.1, 0.15) is 5.83 Å². The lowest BCUT2D eigenvalue weighted by Gasteiger charge is -2.32. The van der Waals surface area contributed by atoms with E-state index in [9.17, 15) is 4.39 Å². The van der Waals surface area contributed by atoms with E-state index in [1.807, 2.05) is 6.08 Å². The molecule has 0 spiro atoms. The highest BCUT2D eigenvalue weighted by atomic mass is 19.1. The van der Waals surface area contributed by atoms with Gasteiger partial charge in [-0.15, -0.1) is 0 Å². The normalized spacial score (nSPS) is 27.2. The van der Waals surface area contributed by atoms with Crippen molar-refractivity contribution >= 4 is 0 Å². The second-order valence-corrected chi connectivity index (χ2v) is 4.57. The fourth-order valence-corrected chi connectivity index (χ4v) is 2.20. The van der Waals surface area contributed by atoms with Gasteiger partial charge in [0.15, 0.2) is 0 Å². The number of hydrogen-bond acceptors (Lipinski definition) is 2. The molecule has 1 heterocycles. The number of nitrogens with zero attached hydrogens (tertiary/aromatic N) is 1. The number of allylic oxidation sites excluding steroid dienone is 5. The number of nitrogens with one attached hydrogen (secondary N) is 1. The van der Waals surface area contributed by atoms with Crippen LogP contribution >= 0.6 is 0 Å². The number of halogens is 1.